The molecular weight excluding hydrogens is 452 g/mol. The number of ketones is 1. The Morgan fingerprint density at radius 2 is 2.06 bits per heavy atom. The normalized spacial score (nSPS) is 13.6. The average molecular weight is 476 g/mol. The van der Waals surface area contributed by atoms with Gasteiger partial charge >= 0.3 is 0 Å². The highest BCUT2D eigenvalue weighted by Gasteiger charge is 2.37. The summed E-state index contributed by atoms with van der Waals surface area (Å²) in [5, 5.41) is 0. The van der Waals surface area contributed by atoms with E-state index in [1.54, 1.807) is 36.2 Å². The van der Waals surface area contributed by atoms with Crippen molar-refractivity contribution in [3.8, 4) is 23.0 Å². The Labute approximate surface area is 201 Å². The fraction of sp³-hybridized carbons (Fsp3) is 0.280. The van der Waals surface area contributed by atoms with Gasteiger partial charge in [0.05, 0.1) is 37.4 Å². The summed E-state index contributed by atoms with van der Waals surface area (Å²) in [5.74, 6) is 1.02. The predicted molar refractivity (Wildman–Crippen MR) is 126 cm³/mol. The fourth-order valence-corrected chi connectivity index (χ4v) is 4.38. The number of imidazole rings is 1. The molecule has 4 heterocycles. The second-order valence-corrected chi connectivity index (χ2v) is 8.14. The van der Waals surface area contributed by atoms with Gasteiger partial charge in [-0.15, -0.1) is 0 Å². The van der Waals surface area contributed by atoms with Gasteiger partial charge in [-0.05, 0) is 31.1 Å². The highest BCUT2D eigenvalue weighted by Crippen LogP contribution is 2.43. The Bertz CT molecular complexity index is 1440. The number of aromatic nitrogens is 4. The summed E-state index contributed by atoms with van der Waals surface area (Å²) < 4.78 is 25.1. The van der Waals surface area contributed by atoms with Crippen LogP contribution in [0.5, 0.6) is 11.6 Å². The topological polar surface area (TPSA) is 107 Å². The number of fused-ring (bicyclic) bond motifs is 4. The highest BCUT2D eigenvalue weighted by molar-refractivity contribution is 6.22. The SMILES string of the molecule is C=C(OC)/C(=C\c1c2c(n(CCCn3ccnc3)c(=O)c1C)-c1nc3c(cc1C2=O)OCO3)OC. The molecule has 0 spiro atoms. The number of pyridine rings is 2. The van der Waals surface area contributed by atoms with Gasteiger partial charge < -0.3 is 28.1 Å². The maximum absolute atomic E-state index is 13.7. The lowest BCUT2D eigenvalue weighted by Gasteiger charge is -2.17. The summed E-state index contributed by atoms with van der Waals surface area (Å²) in [7, 11) is 2.94. The minimum atomic E-state index is -0.253. The van der Waals surface area contributed by atoms with Crippen molar-refractivity contribution in [1.29, 1.82) is 0 Å². The van der Waals surface area contributed by atoms with Gasteiger partial charge in [0, 0.05) is 31.0 Å². The standard InChI is InChI=1S/C25H24N4O6/c1-14-16(10-18(33-4)15(2)32-3)20-22(29(25(14)31)8-5-7-28-9-6-26-12-28)21-17(23(20)30)11-19-24(27-21)35-13-34-19/h6,9-12H,2,5,7-8,13H2,1,3-4H3/b18-10+. The first-order valence-corrected chi connectivity index (χ1v) is 11.0. The zero-order chi connectivity index (χ0) is 24.7. The molecule has 0 radical (unpaired) electrons. The molecule has 0 saturated carbocycles. The fourth-order valence-electron chi connectivity index (χ4n) is 4.38. The molecule has 10 heteroatoms. The lowest BCUT2D eigenvalue weighted by Crippen LogP contribution is -2.27. The van der Waals surface area contributed by atoms with Crippen molar-refractivity contribution in [2.45, 2.75) is 26.4 Å². The number of aryl methyl sites for hydroxylation is 1. The molecule has 35 heavy (non-hydrogen) atoms. The van der Waals surface area contributed by atoms with Gasteiger partial charge in [0.2, 0.25) is 6.79 Å². The molecule has 0 amide bonds. The molecule has 1 aliphatic heterocycles. The summed E-state index contributed by atoms with van der Waals surface area (Å²) in [6, 6.07) is 1.63. The quantitative estimate of drug-likeness (QED) is 0.282. The Hall–Kier alpha value is -4.34. The van der Waals surface area contributed by atoms with Gasteiger partial charge in [0.1, 0.15) is 5.69 Å². The first kappa shape index (κ1) is 22.5. The molecule has 0 fully saturated rings. The van der Waals surface area contributed by atoms with Crippen LogP contribution in [0.4, 0.5) is 0 Å². The summed E-state index contributed by atoms with van der Waals surface area (Å²) in [4.78, 5) is 36.0. The second-order valence-electron chi connectivity index (χ2n) is 8.14. The third kappa shape index (κ3) is 3.67. The van der Waals surface area contributed by atoms with E-state index in [0.717, 1.165) is 0 Å². The molecule has 3 aromatic heterocycles. The van der Waals surface area contributed by atoms with Gasteiger partial charge in [-0.2, -0.15) is 0 Å². The van der Waals surface area contributed by atoms with Crippen LogP contribution in [0, 0.1) is 6.92 Å². The van der Waals surface area contributed by atoms with E-state index < -0.39 is 0 Å². The van der Waals surface area contributed by atoms with E-state index in [-0.39, 0.29) is 23.9 Å². The number of nitrogens with zero attached hydrogens (tertiary/aromatic N) is 4. The molecule has 5 rings (SSSR count). The van der Waals surface area contributed by atoms with Crippen molar-refractivity contribution >= 4 is 11.9 Å². The molecule has 0 unspecified atom stereocenters. The van der Waals surface area contributed by atoms with Crippen LogP contribution in [0.15, 0.2) is 47.7 Å². The van der Waals surface area contributed by atoms with Gasteiger partial charge in [-0.25, -0.2) is 9.97 Å². The first-order chi connectivity index (χ1) is 16.9. The summed E-state index contributed by atoms with van der Waals surface area (Å²) in [5.41, 5.74) is 2.20. The molecule has 0 N–H and O–H groups in total. The number of carbonyl (C=O) groups is 1. The van der Waals surface area contributed by atoms with Crippen LogP contribution in [0.3, 0.4) is 0 Å². The maximum atomic E-state index is 13.7. The van der Waals surface area contributed by atoms with Crippen LogP contribution < -0.4 is 15.0 Å². The van der Waals surface area contributed by atoms with Crippen LogP contribution in [-0.2, 0) is 22.6 Å². The van der Waals surface area contributed by atoms with Gasteiger partial charge in [0.15, 0.2) is 23.1 Å². The van der Waals surface area contributed by atoms with Crippen molar-refractivity contribution in [1.82, 2.24) is 19.1 Å². The molecule has 3 aromatic rings. The smallest absolute Gasteiger partial charge is 0.260 e. The molecule has 0 bridgehead atoms. The van der Waals surface area contributed by atoms with Crippen LogP contribution in [0.2, 0.25) is 0 Å². The van der Waals surface area contributed by atoms with E-state index in [2.05, 4.69) is 16.5 Å². The average Bonchev–Trinajstić information content (AvgIpc) is 3.60. The number of rotatable bonds is 8. The van der Waals surface area contributed by atoms with E-state index in [4.69, 9.17) is 18.9 Å². The molecule has 180 valence electrons. The Morgan fingerprint density at radius 3 is 2.77 bits per heavy atom. The highest BCUT2D eigenvalue weighted by atomic mass is 16.7. The predicted octanol–water partition coefficient (Wildman–Crippen LogP) is 2.93. The Balaban J connectivity index is 1.70. The molecule has 2 aliphatic rings. The van der Waals surface area contributed by atoms with Gasteiger partial charge in [0.25, 0.3) is 11.4 Å². The van der Waals surface area contributed by atoms with E-state index in [0.29, 0.717) is 70.5 Å². The first-order valence-electron chi connectivity index (χ1n) is 11.0. The van der Waals surface area contributed by atoms with Crippen molar-refractivity contribution in [2.24, 2.45) is 0 Å². The number of hydrogen-bond donors (Lipinski definition) is 0. The molecular formula is C25H24N4O6. The minimum absolute atomic E-state index is 0.0300. The lowest BCUT2D eigenvalue weighted by atomic mass is 9.99. The van der Waals surface area contributed by atoms with E-state index in [1.165, 1.54) is 14.2 Å². The van der Waals surface area contributed by atoms with Gasteiger partial charge in [-0.1, -0.05) is 6.58 Å². The number of hydrogen-bond acceptors (Lipinski definition) is 8. The van der Waals surface area contributed by atoms with E-state index >= 15 is 0 Å². The Morgan fingerprint density at radius 1 is 1.23 bits per heavy atom. The number of methoxy groups -OCH3 is 2. The minimum Gasteiger partial charge on any atom is -0.493 e. The van der Waals surface area contributed by atoms with Crippen LogP contribution in [0.25, 0.3) is 17.5 Å². The van der Waals surface area contributed by atoms with Crippen LogP contribution >= 0.6 is 0 Å². The summed E-state index contributed by atoms with van der Waals surface area (Å²) in [6.07, 6.45) is 7.55. The second kappa shape index (κ2) is 8.79. The molecule has 0 aromatic carbocycles. The van der Waals surface area contributed by atoms with E-state index in [9.17, 15) is 9.59 Å². The number of carbonyl (C=O) groups excluding carboxylic acids is 1. The van der Waals surface area contributed by atoms with Crippen LogP contribution in [0.1, 0.15) is 33.5 Å². The maximum Gasteiger partial charge on any atom is 0.260 e. The Kier molecular flexibility index (Phi) is 5.64. The van der Waals surface area contributed by atoms with Crippen LogP contribution in [-0.4, -0.2) is 45.9 Å². The molecule has 1 aliphatic carbocycles. The molecule has 0 atom stereocenters. The number of ether oxygens (including phenoxy) is 4. The largest absolute Gasteiger partial charge is 0.493 e. The summed E-state index contributed by atoms with van der Waals surface area (Å²) >= 11 is 0. The molecule has 0 saturated heterocycles. The van der Waals surface area contributed by atoms with Crippen molar-refractivity contribution in [2.75, 3.05) is 21.0 Å². The third-order valence-corrected chi connectivity index (χ3v) is 6.18. The van der Waals surface area contributed by atoms with E-state index in [1.807, 2.05) is 10.8 Å². The molecule has 10 nitrogen and oxygen atoms in total. The zero-order valence-electron chi connectivity index (χ0n) is 19.7. The van der Waals surface area contributed by atoms with Crippen molar-refractivity contribution in [3.05, 3.63) is 75.5 Å². The third-order valence-electron chi connectivity index (χ3n) is 6.18. The lowest BCUT2D eigenvalue weighted by molar-refractivity contribution is 0.104. The summed E-state index contributed by atoms with van der Waals surface area (Å²) in [6.45, 7) is 6.61. The van der Waals surface area contributed by atoms with Crippen molar-refractivity contribution < 1.29 is 23.7 Å². The monoisotopic (exact) mass is 476 g/mol. The van der Waals surface area contributed by atoms with Gasteiger partial charge in [-0.3, -0.25) is 9.59 Å². The zero-order valence-corrected chi connectivity index (χ0v) is 19.7. The van der Waals surface area contributed by atoms with Crippen molar-refractivity contribution in [3.63, 3.8) is 0 Å².